The predicted octanol–water partition coefficient (Wildman–Crippen LogP) is 4.20. The molecule has 5 rings (SSSR count). The van der Waals surface area contributed by atoms with Crippen LogP contribution in [0.1, 0.15) is 49.3 Å². The van der Waals surface area contributed by atoms with Gasteiger partial charge in [0.25, 0.3) is 0 Å². The molecule has 1 amide bonds. The lowest BCUT2D eigenvalue weighted by Gasteiger charge is -2.39. The highest BCUT2D eigenvalue weighted by Crippen LogP contribution is 2.33. The van der Waals surface area contributed by atoms with Gasteiger partial charge < -0.3 is 25.0 Å². The topological polar surface area (TPSA) is 66.1 Å². The van der Waals surface area contributed by atoms with Gasteiger partial charge in [-0.3, -0.25) is 9.69 Å². The summed E-state index contributed by atoms with van der Waals surface area (Å²) >= 11 is 0. The SMILES string of the molecule is CCCN1CCC(N2C[C@@H](NCc3cccc(C(F)(F)F)c3)C[C@H]2C(=O)NCCc2ccc3c(c2)OCO3)CC1. The van der Waals surface area contributed by atoms with Crippen LogP contribution in [0.15, 0.2) is 42.5 Å². The van der Waals surface area contributed by atoms with E-state index in [1.165, 1.54) is 12.1 Å². The number of nitrogens with zero attached hydrogens (tertiary/aromatic N) is 2. The fraction of sp³-hybridized carbons (Fsp3) is 0.567. The Kier molecular flexibility index (Phi) is 9.17. The molecule has 0 aromatic heterocycles. The van der Waals surface area contributed by atoms with Crippen LogP contribution in [0.5, 0.6) is 11.5 Å². The maximum absolute atomic E-state index is 13.5. The third-order valence-corrected chi connectivity index (χ3v) is 8.21. The quantitative estimate of drug-likeness (QED) is 0.454. The van der Waals surface area contributed by atoms with Crippen LogP contribution in [0.3, 0.4) is 0 Å². The molecule has 2 aromatic carbocycles. The number of benzene rings is 2. The Hall–Kier alpha value is -2.82. The summed E-state index contributed by atoms with van der Waals surface area (Å²) < 4.78 is 50.3. The summed E-state index contributed by atoms with van der Waals surface area (Å²) in [5, 5.41) is 6.58. The zero-order valence-corrected chi connectivity index (χ0v) is 23.0. The highest BCUT2D eigenvalue weighted by atomic mass is 19.4. The average Bonchev–Trinajstić information content (AvgIpc) is 3.59. The molecular weight excluding hydrogens is 521 g/mol. The van der Waals surface area contributed by atoms with Crippen LogP contribution in [0.2, 0.25) is 0 Å². The maximum atomic E-state index is 13.5. The van der Waals surface area contributed by atoms with Gasteiger partial charge in [0.15, 0.2) is 11.5 Å². The van der Waals surface area contributed by atoms with E-state index in [-0.39, 0.29) is 24.8 Å². The molecule has 40 heavy (non-hydrogen) atoms. The van der Waals surface area contributed by atoms with E-state index in [2.05, 4.69) is 27.4 Å². The molecule has 2 aromatic rings. The fourth-order valence-corrected chi connectivity index (χ4v) is 6.13. The van der Waals surface area contributed by atoms with Crippen LogP contribution in [0, 0.1) is 0 Å². The zero-order chi connectivity index (χ0) is 28.1. The standard InChI is InChI=1S/C30H39F3N4O3/c1-2-12-36-13-9-25(10-14-36)37-19-24(35-18-22-4-3-5-23(15-22)30(31,32)33)17-26(37)29(38)34-11-8-21-6-7-27-28(16-21)40-20-39-27/h3-7,15-16,24-26,35H,2,8-14,17-20H2,1H3,(H,34,38)/t24-,26-/m0/s1. The van der Waals surface area contributed by atoms with Crippen molar-refractivity contribution < 1.29 is 27.4 Å². The lowest BCUT2D eigenvalue weighted by atomic mass is 10.0. The number of halogens is 3. The van der Waals surface area contributed by atoms with E-state index >= 15 is 0 Å². The third kappa shape index (κ3) is 7.08. The molecular formula is C30H39F3N4O3. The number of hydrogen-bond donors (Lipinski definition) is 2. The third-order valence-electron chi connectivity index (χ3n) is 8.21. The number of nitrogens with one attached hydrogen (secondary N) is 2. The summed E-state index contributed by atoms with van der Waals surface area (Å²) in [6.45, 7) is 7.11. The second kappa shape index (κ2) is 12.8. The molecule has 0 bridgehead atoms. The molecule has 2 atom stereocenters. The molecule has 0 saturated carbocycles. The molecule has 2 fully saturated rings. The van der Waals surface area contributed by atoms with E-state index < -0.39 is 11.7 Å². The van der Waals surface area contributed by atoms with Crippen molar-refractivity contribution in [2.45, 2.75) is 69.9 Å². The van der Waals surface area contributed by atoms with Crippen LogP contribution >= 0.6 is 0 Å². The smallest absolute Gasteiger partial charge is 0.416 e. The highest BCUT2D eigenvalue weighted by Gasteiger charge is 2.41. The average molecular weight is 561 g/mol. The maximum Gasteiger partial charge on any atom is 0.416 e. The van der Waals surface area contributed by atoms with Gasteiger partial charge in [-0.15, -0.1) is 0 Å². The number of carbonyl (C=O) groups is 1. The van der Waals surface area contributed by atoms with Crippen molar-refractivity contribution in [2.75, 3.05) is 39.5 Å². The van der Waals surface area contributed by atoms with Crippen LogP contribution in [0.4, 0.5) is 13.2 Å². The van der Waals surface area contributed by atoms with Crippen LogP contribution < -0.4 is 20.1 Å². The lowest BCUT2D eigenvalue weighted by Crippen LogP contribution is -2.51. The normalized spacial score (nSPS) is 22.1. The first kappa shape index (κ1) is 28.7. The van der Waals surface area contributed by atoms with Gasteiger partial charge >= 0.3 is 6.18 Å². The Labute approximate surface area is 234 Å². The van der Waals surface area contributed by atoms with Gasteiger partial charge in [0.05, 0.1) is 11.6 Å². The van der Waals surface area contributed by atoms with E-state index in [9.17, 15) is 18.0 Å². The summed E-state index contributed by atoms with van der Waals surface area (Å²) in [6, 6.07) is 11.3. The molecule has 3 aliphatic rings. The monoisotopic (exact) mass is 560 g/mol. The van der Waals surface area contributed by atoms with Gasteiger partial charge in [0.1, 0.15) is 0 Å². The molecule has 10 heteroatoms. The molecule has 0 unspecified atom stereocenters. The summed E-state index contributed by atoms with van der Waals surface area (Å²) in [5.41, 5.74) is 1.01. The molecule has 3 heterocycles. The lowest BCUT2D eigenvalue weighted by molar-refractivity contribution is -0.137. The Morgan fingerprint density at radius 1 is 1.05 bits per heavy atom. The van der Waals surface area contributed by atoms with Gasteiger partial charge in [0, 0.05) is 31.7 Å². The van der Waals surface area contributed by atoms with Crippen LogP contribution in [0.25, 0.3) is 0 Å². The van der Waals surface area contributed by atoms with Crippen molar-refractivity contribution in [1.82, 2.24) is 20.4 Å². The van der Waals surface area contributed by atoms with E-state index in [0.717, 1.165) is 62.0 Å². The Bertz CT molecular complexity index is 1150. The number of piperidine rings is 1. The first-order valence-electron chi connectivity index (χ1n) is 14.3. The molecule has 0 aliphatic carbocycles. The van der Waals surface area contributed by atoms with Gasteiger partial charge in [0.2, 0.25) is 12.7 Å². The van der Waals surface area contributed by atoms with Crippen molar-refractivity contribution in [3.8, 4) is 11.5 Å². The number of ether oxygens (including phenoxy) is 2. The fourth-order valence-electron chi connectivity index (χ4n) is 6.13. The molecule has 218 valence electrons. The van der Waals surface area contributed by atoms with Gasteiger partial charge in [-0.1, -0.05) is 31.2 Å². The molecule has 0 spiro atoms. The van der Waals surface area contributed by atoms with E-state index in [1.54, 1.807) is 6.07 Å². The molecule has 2 N–H and O–H groups in total. The number of hydrogen-bond acceptors (Lipinski definition) is 6. The van der Waals surface area contributed by atoms with Crippen molar-refractivity contribution in [3.63, 3.8) is 0 Å². The number of fused-ring (bicyclic) bond motifs is 1. The number of alkyl halides is 3. The molecule has 2 saturated heterocycles. The van der Waals surface area contributed by atoms with Crippen molar-refractivity contribution in [3.05, 3.63) is 59.2 Å². The van der Waals surface area contributed by atoms with Gasteiger partial charge in [-0.05, 0) is 81.1 Å². The molecule has 3 aliphatic heterocycles. The first-order chi connectivity index (χ1) is 19.3. The second-order valence-electron chi connectivity index (χ2n) is 11.0. The zero-order valence-electron chi connectivity index (χ0n) is 23.0. The first-order valence-corrected chi connectivity index (χ1v) is 14.3. The van der Waals surface area contributed by atoms with Gasteiger partial charge in [-0.25, -0.2) is 0 Å². The van der Waals surface area contributed by atoms with E-state index in [4.69, 9.17) is 9.47 Å². The Morgan fingerprint density at radius 3 is 2.62 bits per heavy atom. The summed E-state index contributed by atoms with van der Waals surface area (Å²) in [7, 11) is 0. The van der Waals surface area contributed by atoms with Crippen LogP contribution in [-0.2, 0) is 23.9 Å². The summed E-state index contributed by atoms with van der Waals surface area (Å²) in [6.07, 6.45) is 0.106. The summed E-state index contributed by atoms with van der Waals surface area (Å²) in [5.74, 6) is 1.48. The second-order valence-corrected chi connectivity index (χ2v) is 11.0. The minimum atomic E-state index is -4.36. The summed E-state index contributed by atoms with van der Waals surface area (Å²) in [4.78, 5) is 18.3. The largest absolute Gasteiger partial charge is 0.454 e. The van der Waals surface area contributed by atoms with Crippen molar-refractivity contribution >= 4 is 5.91 Å². The number of amides is 1. The highest BCUT2D eigenvalue weighted by molar-refractivity contribution is 5.82. The minimum Gasteiger partial charge on any atom is -0.454 e. The van der Waals surface area contributed by atoms with Gasteiger partial charge in [-0.2, -0.15) is 13.2 Å². The number of carbonyl (C=O) groups excluding carboxylic acids is 1. The molecule has 7 nitrogen and oxygen atoms in total. The van der Waals surface area contributed by atoms with E-state index in [1.807, 2.05) is 18.2 Å². The Balaban J connectivity index is 1.20. The predicted molar refractivity (Wildman–Crippen MR) is 146 cm³/mol. The van der Waals surface area contributed by atoms with Crippen LogP contribution in [-0.4, -0.2) is 73.3 Å². The number of rotatable bonds is 10. The van der Waals surface area contributed by atoms with Crippen molar-refractivity contribution in [2.24, 2.45) is 0 Å². The Morgan fingerprint density at radius 2 is 1.85 bits per heavy atom. The molecule has 0 radical (unpaired) electrons. The minimum absolute atomic E-state index is 0.0140. The number of likely N-dealkylation sites (tertiary alicyclic amines) is 2. The van der Waals surface area contributed by atoms with E-state index in [0.29, 0.717) is 44.1 Å². The van der Waals surface area contributed by atoms with Crippen molar-refractivity contribution in [1.29, 1.82) is 0 Å².